The van der Waals surface area contributed by atoms with Crippen molar-refractivity contribution in [3.05, 3.63) is 24.3 Å². The highest BCUT2D eigenvalue weighted by Gasteiger charge is 2.12. The third-order valence-corrected chi connectivity index (χ3v) is 1.78. The minimum absolute atomic E-state index is 0.496. The van der Waals surface area contributed by atoms with Gasteiger partial charge in [-0.15, -0.1) is 0 Å². The Morgan fingerprint density at radius 2 is 2.13 bits per heavy atom. The lowest BCUT2D eigenvalue weighted by molar-refractivity contribution is -0.144. The van der Waals surface area contributed by atoms with Gasteiger partial charge in [0.1, 0.15) is 11.5 Å². The Balaban J connectivity index is 2.68. The molecule has 0 aromatic heterocycles. The molecule has 0 aliphatic heterocycles. The zero-order chi connectivity index (χ0) is 11.3. The summed E-state index contributed by atoms with van der Waals surface area (Å²) in [5, 5.41) is 8.66. The second-order valence-corrected chi connectivity index (χ2v) is 3.01. The van der Waals surface area contributed by atoms with Gasteiger partial charge < -0.3 is 14.6 Å². The van der Waals surface area contributed by atoms with Crippen LogP contribution in [0, 0.1) is 0 Å². The van der Waals surface area contributed by atoms with E-state index in [9.17, 15) is 4.79 Å². The van der Waals surface area contributed by atoms with Crippen molar-refractivity contribution < 1.29 is 19.4 Å². The summed E-state index contributed by atoms with van der Waals surface area (Å²) in [4.78, 5) is 10.6. The van der Waals surface area contributed by atoms with Crippen molar-refractivity contribution in [2.45, 2.75) is 20.0 Å². The Hall–Kier alpha value is -1.71. The average molecular weight is 210 g/mol. The molecule has 0 radical (unpaired) electrons. The molecule has 1 rings (SSSR count). The van der Waals surface area contributed by atoms with Crippen LogP contribution in [-0.2, 0) is 4.79 Å². The van der Waals surface area contributed by atoms with Crippen molar-refractivity contribution in [2.75, 3.05) is 6.61 Å². The van der Waals surface area contributed by atoms with Gasteiger partial charge in [0.2, 0.25) is 0 Å². The minimum Gasteiger partial charge on any atom is -0.494 e. The molecule has 15 heavy (non-hydrogen) atoms. The smallest absolute Gasteiger partial charge is 0.344 e. The molecule has 0 bridgehead atoms. The van der Waals surface area contributed by atoms with Gasteiger partial charge in [-0.25, -0.2) is 4.79 Å². The van der Waals surface area contributed by atoms with E-state index in [1.54, 1.807) is 24.3 Å². The largest absolute Gasteiger partial charge is 0.494 e. The van der Waals surface area contributed by atoms with E-state index in [-0.39, 0.29) is 0 Å². The summed E-state index contributed by atoms with van der Waals surface area (Å²) >= 11 is 0. The summed E-state index contributed by atoms with van der Waals surface area (Å²) < 4.78 is 10.4. The SMILES string of the molecule is CCOc1cccc(O[C@H](C)C(=O)O)c1. The fourth-order valence-corrected chi connectivity index (χ4v) is 1.06. The third-order valence-electron chi connectivity index (χ3n) is 1.78. The number of carboxylic acids is 1. The van der Waals surface area contributed by atoms with Gasteiger partial charge in [-0.05, 0) is 26.0 Å². The lowest BCUT2D eigenvalue weighted by Crippen LogP contribution is -2.22. The van der Waals surface area contributed by atoms with Gasteiger partial charge in [-0.2, -0.15) is 0 Å². The van der Waals surface area contributed by atoms with E-state index in [1.165, 1.54) is 6.92 Å². The van der Waals surface area contributed by atoms with Crippen LogP contribution < -0.4 is 9.47 Å². The fraction of sp³-hybridized carbons (Fsp3) is 0.364. The first kappa shape index (κ1) is 11.4. The van der Waals surface area contributed by atoms with Gasteiger partial charge in [-0.1, -0.05) is 6.07 Å². The first-order valence-corrected chi connectivity index (χ1v) is 4.75. The van der Waals surface area contributed by atoms with E-state index in [2.05, 4.69) is 0 Å². The first-order valence-electron chi connectivity index (χ1n) is 4.75. The molecule has 0 saturated heterocycles. The molecule has 0 fully saturated rings. The lowest BCUT2D eigenvalue weighted by Gasteiger charge is -2.11. The zero-order valence-electron chi connectivity index (χ0n) is 8.77. The molecule has 1 atom stereocenters. The maximum Gasteiger partial charge on any atom is 0.344 e. The van der Waals surface area contributed by atoms with Crippen LogP contribution in [0.15, 0.2) is 24.3 Å². The van der Waals surface area contributed by atoms with Crippen LogP contribution in [0.1, 0.15) is 13.8 Å². The molecule has 1 N–H and O–H groups in total. The van der Waals surface area contributed by atoms with Crippen molar-refractivity contribution in [2.24, 2.45) is 0 Å². The van der Waals surface area contributed by atoms with Gasteiger partial charge in [0.15, 0.2) is 6.10 Å². The predicted octanol–water partition coefficient (Wildman–Crippen LogP) is 1.94. The number of benzene rings is 1. The predicted molar refractivity (Wildman–Crippen MR) is 55.3 cm³/mol. The van der Waals surface area contributed by atoms with Crippen molar-refractivity contribution in [3.8, 4) is 11.5 Å². The average Bonchev–Trinajstić information content (AvgIpc) is 2.18. The van der Waals surface area contributed by atoms with E-state index < -0.39 is 12.1 Å². The monoisotopic (exact) mass is 210 g/mol. The standard InChI is InChI=1S/C11H14O4/c1-3-14-9-5-4-6-10(7-9)15-8(2)11(12)13/h4-8H,3H2,1-2H3,(H,12,13)/t8-/m1/s1. The van der Waals surface area contributed by atoms with E-state index in [0.29, 0.717) is 18.1 Å². The molecule has 0 aliphatic rings. The molecule has 0 aliphatic carbocycles. The second kappa shape index (κ2) is 5.24. The summed E-state index contributed by atoms with van der Waals surface area (Å²) in [7, 11) is 0. The Labute approximate surface area is 88.4 Å². The van der Waals surface area contributed by atoms with E-state index in [4.69, 9.17) is 14.6 Å². The topological polar surface area (TPSA) is 55.8 Å². The zero-order valence-corrected chi connectivity index (χ0v) is 8.77. The number of rotatable bonds is 5. The highest BCUT2D eigenvalue weighted by atomic mass is 16.5. The number of aliphatic carboxylic acids is 1. The van der Waals surface area contributed by atoms with Gasteiger partial charge in [-0.3, -0.25) is 0 Å². The quantitative estimate of drug-likeness (QED) is 0.806. The van der Waals surface area contributed by atoms with Crippen LogP contribution in [-0.4, -0.2) is 23.8 Å². The molecule has 0 unspecified atom stereocenters. The Bertz CT molecular complexity index is 335. The van der Waals surface area contributed by atoms with Gasteiger partial charge in [0, 0.05) is 6.07 Å². The molecule has 0 heterocycles. The summed E-state index contributed by atoms with van der Waals surface area (Å²) in [5.74, 6) is 0.181. The number of carboxylic acid groups (broad SMARTS) is 1. The molecule has 4 heteroatoms. The third kappa shape index (κ3) is 3.50. The Kier molecular flexibility index (Phi) is 3.97. The van der Waals surface area contributed by atoms with Crippen LogP contribution in [0.2, 0.25) is 0 Å². The van der Waals surface area contributed by atoms with E-state index in [1.807, 2.05) is 6.92 Å². The van der Waals surface area contributed by atoms with Crippen LogP contribution in [0.5, 0.6) is 11.5 Å². The molecule has 0 spiro atoms. The summed E-state index contributed by atoms with van der Waals surface area (Å²) in [5.41, 5.74) is 0. The molecule has 82 valence electrons. The number of carbonyl (C=O) groups is 1. The molecular weight excluding hydrogens is 196 g/mol. The number of hydrogen-bond acceptors (Lipinski definition) is 3. The second-order valence-electron chi connectivity index (χ2n) is 3.01. The summed E-state index contributed by atoms with van der Waals surface area (Å²) in [6.07, 6.45) is -0.859. The number of hydrogen-bond donors (Lipinski definition) is 1. The van der Waals surface area contributed by atoms with Crippen molar-refractivity contribution in [3.63, 3.8) is 0 Å². The normalized spacial score (nSPS) is 11.9. The maximum absolute atomic E-state index is 10.6. The summed E-state index contributed by atoms with van der Waals surface area (Å²) in [6.45, 7) is 3.93. The lowest BCUT2D eigenvalue weighted by atomic mass is 10.3. The highest BCUT2D eigenvalue weighted by Crippen LogP contribution is 2.20. The molecule has 0 saturated carbocycles. The van der Waals surface area contributed by atoms with E-state index >= 15 is 0 Å². The van der Waals surface area contributed by atoms with Gasteiger partial charge in [0.25, 0.3) is 0 Å². The molecule has 1 aromatic rings. The van der Waals surface area contributed by atoms with Crippen LogP contribution >= 0.6 is 0 Å². The Morgan fingerprint density at radius 1 is 1.47 bits per heavy atom. The minimum atomic E-state index is -0.989. The van der Waals surface area contributed by atoms with E-state index in [0.717, 1.165) is 0 Å². The van der Waals surface area contributed by atoms with Crippen LogP contribution in [0.3, 0.4) is 0 Å². The van der Waals surface area contributed by atoms with Gasteiger partial charge in [0.05, 0.1) is 6.61 Å². The number of ether oxygens (including phenoxy) is 2. The van der Waals surface area contributed by atoms with Crippen molar-refractivity contribution in [1.29, 1.82) is 0 Å². The maximum atomic E-state index is 10.6. The summed E-state index contributed by atoms with van der Waals surface area (Å²) in [6, 6.07) is 6.92. The van der Waals surface area contributed by atoms with Crippen molar-refractivity contribution in [1.82, 2.24) is 0 Å². The van der Waals surface area contributed by atoms with Crippen LogP contribution in [0.4, 0.5) is 0 Å². The fourth-order valence-electron chi connectivity index (χ4n) is 1.06. The first-order chi connectivity index (χ1) is 7.13. The van der Waals surface area contributed by atoms with Crippen molar-refractivity contribution >= 4 is 5.97 Å². The Morgan fingerprint density at radius 3 is 2.73 bits per heavy atom. The molecule has 4 nitrogen and oxygen atoms in total. The molecule has 1 aromatic carbocycles. The molecule has 0 amide bonds. The van der Waals surface area contributed by atoms with Crippen LogP contribution in [0.25, 0.3) is 0 Å². The molecular formula is C11H14O4. The highest BCUT2D eigenvalue weighted by molar-refractivity contribution is 5.72. The van der Waals surface area contributed by atoms with Gasteiger partial charge >= 0.3 is 5.97 Å².